The van der Waals surface area contributed by atoms with Gasteiger partial charge in [-0.15, -0.1) is 11.3 Å². The highest BCUT2D eigenvalue weighted by molar-refractivity contribution is 7.14. The molecule has 0 amide bonds. The van der Waals surface area contributed by atoms with Crippen LogP contribution in [0.15, 0.2) is 6.07 Å². The summed E-state index contributed by atoms with van der Waals surface area (Å²) in [5.74, 6) is 0.197. The molecule has 15 heavy (non-hydrogen) atoms. The Bertz CT molecular complexity index is 362. The first-order valence-corrected chi connectivity index (χ1v) is 6.29. The number of ether oxygens (including phenoxy) is 1. The second-order valence-corrected chi connectivity index (χ2v) is 5.19. The summed E-state index contributed by atoms with van der Waals surface area (Å²) in [6.45, 7) is 4.88. The zero-order valence-corrected chi connectivity index (χ0v) is 10.0. The second kappa shape index (κ2) is 4.45. The maximum atomic E-state index is 12.1. The fourth-order valence-electron chi connectivity index (χ4n) is 1.97. The van der Waals surface area contributed by atoms with E-state index in [2.05, 4.69) is 19.9 Å². The maximum absolute atomic E-state index is 12.1. The Morgan fingerprint density at radius 3 is 3.07 bits per heavy atom. The van der Waals surface area contributed by atoms with Crippen molar-refractivity contribution < 1.29 is 9.53 Å². The lowest BCUT2D eigenvalue weighted by atomic mass is 10.1. The normalized spacial score (nSPS) is 20.8. The number of carbonyl (C=O) groups excluding carboxylic acids is 1. The van der Waals surface area contributed by atoms with Crippen LogP contribution in [0.1, 0.15) is 39.9 Å². The van der Waals surface area contributed by atoms with Crippen molar-refractivity contribution in [2.75, 3.05) is 6.61 Å². The van der Waals surface area contributed by atoms with Gasteiger partial charge >= 0.3 is 0 Å². The van der Waals surface area contributed by atoms with Crippen molar-refractivity contribution in [3.05, 3.63) is 21.4 Å². The minimum absolute atomic E-state index is 0.173. The molecule has 0 saturated carbocycles. The minimum atomic E-state index is -0.173. The third-order valence-electron chi connectivity index (χ3n) is 2.76. The van der Waals surface area contributed by atoms with Crippen molar-refractivity contribution in [2.45, 2.75) is 39.2 Å². The fourth-order valence-corrected chi connectivity index (χ4v) is 3.06. The van der Waals surface area contributed by atoms with Gasteiger partial charge in [0, 0.05) is 11.5 Å². The molecule has 0 N–H and O–H groups in total. The van der Waals surface area contributed by atoms with E-state index >= 15 is 0 Å². The van der Waals surface area contributed by atoms with Crippen LogP contribution in [-0.2, 0) is 11.2 Å². The van der Waals surface area contributed by atoms with Gasteiger partial charge in [0.05, 0.1) is 4.88 Å². The first kappa shape index (κ1) is 10.8. The number of thiophene rings is 1. The summed E-state index contributed by atoms with van der Waals surface area (Å²) in [5.41, 5.74) is 1.18. The van der Waals surface area contributed by atoms with E-state index < -0.39 is 0 Å². The van der Waals surface area contributed by atoms with E-state index in [1.54, 1.807) is 11.3 Å². The molecule has 1 fully saturated rings. The number of aryl methyl sites for hydroxylation is 2. The van der Waals surface area contributed by atoms with Gasteiger partial charge in [0.15, 0.2) is 0 Å². The van der Waals surface area contributed by atoms with Crippen molar-refractivity contribution in [2.24, 2.45) is 0 Å². The van der Waals surface area contributed by atoms with Gasteiger partial charge in [-0.3, -0.25) is 4.79 Å². The molecule has 1 aromatic rings. The van der Waals surface area contributed by atoms with Gasteiger partial charge in [0.25, 0.3) is 0 Å². The Hall–Kier alpha value is -0.670. The van der Waals surface area contributed by atoms with Crippen LogP contribution in [0, 0.1) is 6.92 Å². The Kier molecular flexibility index (Phi) is 3.22. The first-order chi connectivity index (χ1) is 7.22. The van der Waals surface area contributed by atoms with Gasteiger partial charge in [-0.25, -0.2) is 0 Å². The molecule has 2 rings (SSSR count). The van der Waals surface area contributed by atoms with Gasteiger partial charge in [-0.05, 0) is 37.8 Å². The Balaban J connectivity index is 2.23. The third kappa shape index (κ3) is 2.13. The molecule has 1 atom stereocenters. The summed E-state index contributed by atoms with van der Waals surface area (Å²) in [6, 6.07) is 2.12. The molecule has 1 saturated heterocycles. The third-order valence-corrected chi connectivity index (χ3v) is 3.87. The molecule has 0 aliphatic carbocycles. The van der Waals surface area contributed by atoms with Crippen LogP contribution in [0.2, 0.25) is 0 Å². The summed E-state index contributed by atoms with van der Waals surface area (Å²) in [5, 5.41) is 0. The quantitative estimate of drug-likeness (QED) is 0.738. The highest BCUT2D eigenvalue weighted by atomic mass is 32.1. The zero-order valence-electron chi connectivity index (χ0n) is 9.21. The van der Waals surface area contributed by atoms with Crippen LogP contribution in [-0.4, -0.2) is 18.5 Å². The van der Waals surface area contributed by atoms with Crippen LogP contribution in [0.25, 0.3) is 0 Å². The van der Waals surface area contributed by atoms with E-state index in [0.29, 0.717) is 0 Å². The monoisotopic (exact) mass is 224 g/mol. The number of ketones is 1. The van der Waals surface area contributed by atoms with Crippen molar-refractivity contribution in [3.63, 3.8) is 0 Å². The molecular formula is C12H16O2S. The highest BCUT2D eigenvalue weighted by Crippen LogP contribution is 2.27. The number of Topliss-reactive ketones (excluding diaryl/α,β-unsaturated/α-hetero) is 1. The Morgan fingerprint density at radius 1 is 1.67 bits per heavy atom. The van der Waals surface area contributed by atoms with E-state index in [1.807, 2.05) is 0 Å². The van der Waals surface area contributed by atoms with E-state index in [4.69, 9.17) is 4.74 Å². The van der Waals surface area contributed by atoms with E-state index in [-0.39, 0.29) is 11.9 Å². The van der Waals surface area contributed by atoms with Gasteiger partial charge in [-0.1, -0.05) is 6.92 Å². The molecule has 82 valence electrons. The predicted octanol–water partition coefficient (Wildman–Crippen LogP) is 2.98. The molecule has 1 unspecified atom stereocenters. The average Bonchev–Trinajstić information content (AvgIpc) is 2.84. The summed E-state index contributed by atoms with van der Waals surface area (Å²) in [7, 11) is 0. The molecule has 2 nitrogen and oxygen atoms in total. The molecule has 0 radical (unpaired) electrons. The first-order valence-electron chi connectivity index (χ1n) is 5.47. The highest BCUT2D eigenvalue weighted by Gasteiger charge is 2.27. The van der Waals surface area contributed by atoms with E-state index in [0.717, 1.165) is 30.7 Å². The van der Waals surface area contributed by atoms with Crippen LogP contribution in [0.3, 0.4) is 0 Å². The predicted molar refractivity (Wildman–Crippen MR) is 61.7 cm³/mol. The van der Waals surface area contributed by atoms with Gasteiger partial charge in [-0.2, -0.15) is 0 Å². The molecule has 3 heteroatoms. The average molecular weight is 224 g/mol. The smallest absolute Gasteiger partial charge is 0.201 e. The lowest BCUT2D eigenvalue weighted by molar-refractivity contribution is 0.0646. The van der Waals surface area contributed by atoms with Crippen LogP contribution in [0.5, 0.6) is 0 Å². The SMILES string of the molecule is CCc1cc(C)sc1C(=O)C1CCCO1. The number of hydrogen-bond donors (Lipinski definition) is 0. The number of hydrogen-bond acceptors (Lipinski definition) is 3. The molecule has 1 aromatic heterocycles. The van der Waals surface area contributed by atoms with E-state index in [1.165, 1.54) is 10.4 Å². The van der Waals surface area contributed by atoms with Crippen LogP contribution < -0.4 is 0 Å². The molecule has 1 aliphatic rings. The molecule has 1 aliphatic heterocycles. The molecular weight excluding hydrogens is 208 g/mol. The summed E-state index contributed by atoms with van der Waals surface area (Å²) >= 11 is 1.60. The van der Waals surface area contributed by atoms with Crippen molar-refractivity contribution in [1.82, 2.24) is 0 Å². The number of rotatable bonds is 3. The van der Waals surface area contributed by atoms with Gasteiger partial charge in [0.1, 0.15) is 6.10 Å². The minimum Gasteiger partial charge on any atom is -0.370 e. The Labute approximate surface area is 94.3 Å². The lowest BCUT2D eigenvalue weighted by Gasteiger charge is -2.07. The fraction of sp³-hybridized carbons (Fsp3) is 0.583. The lowest BCUT2D eigenvalue weighted by Crippen LogP contribution is -2.19. The molecule has 0 aromatic carbocycles. The largest absolute Gasteiger partial charge is 0.370 e. The van der Waals surface area contributed by atoms with E-state index in [9.17, 15) is 4.79 Å². The van der Waals surface area contributed by atoms with Crippen LogP contribution >= 0.6 is 11.3 Å². The van der Waals surface area contributed by atoms with Gasteiger partial charge < -0.3 is 4.74 Å². The maximum Gasteiger partial charge on any atom is 0.201 e. The standard InChI is InChI=1S/C12H16O2S/c1-3-9-7-8(2)15-12(9)11(13)10-5-4-6-14-10/h7,10H,3-6H2,1-2H3. The topological polar surface area (TPSA) is 26.3 Å². The zero-order chi connectivity index (χ0) is 10.8. The molecule has 0 spiro atoms. The Morgan fingerprint density at radius 2 is 2.47 bits per heavy atom. The van der Waals surface area contributed by atoms with Crippen molar-refractivity contribution >= 4 is 17.1 Å². The van der Waals surface area contributed by atoms with Gasteiger partial charge in [0.2, 0.25) is 5.78 Å². The number of carbonyl (C=O) groups is 1. The summed E-state index contributed by atoms with van der Waals surface area (Å²) in [6.07, 6.45) is 2.66. The van der Waals surface area contributed by atoms with Crippen molar-refractivity contribution in [3.8, 4) is 0 Å². The van der Waals surface area contributed by atoms with Crippen molar-refractivity contribution in [1.29, 1.82) is 0 Å². The summed E-state index contributed by atoms with van der Waals surface area (Å²) < 4.78 is 5.44. The van der Waals surface area contributed by atoms with Crippen LogP contribution in [0.4, 0.5) is 0 Å². The second-order valence-electron chi connectivity index (χ2n) is 3.93. The molecule has 0 bridgehead atoms. The summed E-state index contributed by atoms with van der Waals surface area (Å²) in [4.78, 5) is 14.3. The molecule has 2 heterocycles.